The molecule has 0 saturated carbocycles. The molecule has 20 heavy (non-hydrogen) atoms. The van der Waals surface area contributed by atoms with E-state index in [1.54, 1.807) is 6.07 Å². The second-order valence-electron chi connectivity index (χ2n) is 4.99. The van der Waals surface area contributed by atoms with Crippen LogP contribution >= 0.6 is 11.6 Å². The summed E-state index contributed by atoms with van der Waals surface area (Å²) in [5.41, 5.74) is 0.775. The highest BCUT2D eigenvalue weighted by molar-refractivity contribution is 6.31. The Morgan fingerprint density at radius 2 is 1.85 bits per heavy atom. The molecule has 0 radical (unpaired) electrons. The maximum atomic E-state index is 11.9. The summed E-state index contributed by atoms with van der Waals surface area (Å²) in [6.07, 6.45) is 3.49. The number of carbonyl (C=O) groups excluding carboxylic acids is 2. The minimum Gasteiger partial charge on any atom is -0.347 e. The molecule has 2 amide bonds. The summed E-state index contributed by atoms with van der Waals surface area (Å²) in [5, 5.41) is 3.24. The third-order valence-corrected chi connectivity index (χ3v) is 3.82. The number of benzene rings is 1. The minimum absolute atomic E-state index is 0.00258. The van der Waals surface area contributed by atoms with Gasteiger partial charge < -0.3 is 10.2 Å². The Kier molecular flexibility index (Phi) is 5.41. The van der Waals surface area contributed by atoms with E-state index in [1.807, 2.05) is 23.1 Å². The summed E-state index contributed by atoms with van der Waals surface area (Å²) in [7, 11) is 0. The molecule has 0 bridgehead atoms. The molecule has 1 aliphatic heterocycles. The van der Waals surface area contributed by atoms with E-state index in [0.29, 0.717) is 5.02 Å². The first-order valence-electron chi connectivity index (χ1n) is 6.94. The topological polar surface area (TPSA) is 49.4 Å². The molecule has 1 aliphatic rings. The summed E-state index contributed by atoms with van der Waals surface area (Å²) in [5.74, 6) is -0.180. The number of halogens is 1. The lowest BCUT2D eigenvalue weighted by Gasteiger charge is -2.26. The van der Waals surface area contributed by atoms with Crippen molar-refractivity contribution in [3.63, 3.8) is 0 Å². The van der Waals surface area contributed by atoms with Gasteiger partial charge in [-0.25, -0.2) is 0 Å². The lowest BCUT2D eigenvalue weighted by atomic mass is 10.1. The van der Waals surface area contributed by atoms with Crippen LogP contribution < -0.4 is 5.32 Å². The molecular weight excluding hydrogens is 276 g/mol. The van der Waals surface area contributed by atoms with Crippen LogP contribution in [0.2, 0.25) is 5.02 Å². The Hall–Kier alpha value is -1.55. The van der Waals surface area contributed by atoms with E-state index >= 15 is 0 Å². The van der Waals surface area contributed by atoms with Gasteiger partial charge in [-0.3, -0.25) is 9.59 Å². The SMILES string of the molecule is O=C(Cc1ccccc1Cl)NCC(=O)N1CCCCC1. The lowest BCUT2D eigenvalue weighted by Crippen LogP contribution is -2.42. The van der Waals surface area contributed by atoms with Crippen LogP contribution in [0.3, 0.4) is 0 Å². The molecule has 1 fully saturated rings. The quantitative estimate of drug-likeness (QED) is 0.923. The second kappa shape index (κ2) is 7.29. The van der Waals surface area contributed by atoms with Crippen LogP contribution in [0.5, 0.6) is 0 Å². The van der Waals surface area contributed by atoms with Crippen molar-refractivity contribution in [2.45, 2.75) is 25.7 Å². The normalized spacial score (nSPS) is 14.9. The van der Waals surface area contributed by atoms with Gasteiger partial charge in [0.1, 0.15) is 0 Å². The Morgan fingerprint density at radius 1 is 1.15 bits per heavy atom. The van der Waals surface area contributed by atoms with Crippen LogP contribution in [0.1, 0.15) is 24.8 Å². The molecule has 0 aromatic heterocycles. The Labute approximate surface area is 124 Å². The van der Waals surface area contributed by atoms with Crippen molar-refractivity contribution in [2.75, 3.05) is 19.6 Å². The monoisotopic (exact) mass is 294 g/mol. The van der Waals surface area contributed by atoms with Crippen molar-refractivity contribution < 1.29 is 9.59 Å². The highest BCUT2D eigenvalue weighted by Gasteiger charge is 2.17. The van der Waals surface area contributed by atoms with Gasteiger partial charge in [-0.15, -0.1) is 0 Å². The van der Waals surface area contributed by atoms with Crippen molar-refractivity contribution in [1.29, 1.82) is 0 Å². The number of rotatable bonds is 4. The summed E-state index contributed by atoms with van der Waals surface area (Å²) in [6, 6.07) is 7.23. The van der Waals surface area contributed by atoms with Crippen molar-refractivity contribution in [3.8, 4) is 0 Å². The van der Waals surface area contributed by atoms with Gasteiger partial charge in [0.15, 0.2) is 0 Å². The molecular formula is C15H19ClN2O2. The third kappa shape index (κ3) is 4.23. The average molecular weight is 295 g/mol. The van der Waals surface area contributed by atoms with Gasteiger partial charge in [0.05, 0.1) is 13.0 Å². The molecule has 1 N–H and O–H groups in total. The second-order valence-corrected chi connectivity index (χ2v) is 5.39. The summed E-state index contributed by atoms with van der Waals surface area (Å²) in [6.45, 7) is 1.68. The van der Waals surface area contributed by atoms with Crippen LogP contribution in [-0.2, 0) is 16.0 Å². The molecule has 2 rings (SSSR count). The zero-order valence-corrected chi connectivity index (χ0v) is 12.2. The summed E-state index contributed by atoms with van der Waals surface area (Å²) >= 11 is 6.00. The standard InChI is InChI=1S/C15H19ClN2O2/c16-13-7-3-2-6-12(13)10-14(19)17-11-15(20)18-8-4-1-5-9-18/h2-3,6-7H,1,4-5,8-11H2,(H,17,19). The first-order chi connectivity index (χ1) is 9.66. The number of likely N-dealkylation sites (tertiary alicyclic amines) is 1. The molecule has 5 heteroatoms. The maximum absolute atomic E-state index is 11.9. The van der Waals surface area contributed by atoms with Gasteiger partial charge in [0.25, 0.3) is 0 Å². The predicted molar refractivity (Wildman–Crippen MR) is 78.6 cm³/mol. The molecule has 4 nitrogen and oxygen atoms in total. The smallest absolute Gasteiger partial charge is 0.241 e. The van der Waals surface area contributed by atoms with Gasteiger partial charge in [-0.2, -0.15) is 0 Å². The first-order valence-corrected chi connectivity index (χ1v) is 7.32. The Bertz CT molecular complexity index is 485. The zero-order chi connectivity index (χ0) is 14.4. The number of carbonyl (C=O) groups is 2. The molecule has 0 unspecified atom stereocenters. The van der Waals surface area contributed by atoms with E-state index in [1.165, 1.54) is 6.42 Å². The number of hydrogen-bond acceptors (Lipinski definition) is 2. The fraction of sp³-hybridized carbons (Fsp3) is 0.467. The number of amides is 2. The number of nitrogens with one attached hydrogen (secondary N) is 1. The molecule has 108 valence electrons. The average Bonchev–Trinajstić information content (AvgIpc) is 2.48. The highest BCUT2D eigenvalue weighted by Crippen LogP contribution is 2.15. The molecule has 1 aromatic carbocycles. The Morgan fingerprint density at radius 3 is 2.55 bits per heavy atom. The summed E-state index contributed by atoms with van der Waals surface area (Å²) in [4.78, 5) is 25.5. The van der Waals surface area contributed by atoms with Crippen LogP contribution in [0, 0.1) is 0 Å². The molecule has 1 aromatic rings. The highest BCUT2D eigenvalue weighted by atomic mass is 35.5. The van der Waals surface area contributed by atoms with Crippen molar-refractivity contribution >= 4 is 23.4 Å². The summed E-state index contributed by atoms with van der Waals surface area (Å²) < 4.78 is 0. The van der Waals surface area contributed by atoms with Gasteiger partial charge in [-0.05, 0) is 30.9 Å². The van der Waals surface area contributed by atoms with E-state index in [-0.39, 0.29) is 24.8 Å². The van der Waals surface area contributed by atoms with E-state index in [4.69, 9.17) is 11.6 Å². The van der Waals surface area contributed by atoms with E-state index in [2.05, 4.69) is 5.32 Å². The fourth-order valence-electron chi connectivity index (χ4n) is 2.31. The number of nitrogens with zero attached hydrogens (tertiary/aromatic N) is 1. The number of hydrogen-bond donors (Lipinski definition) is 1. The number of piperidine rings is 1. The fourth-order valence-corrected chi connectivity index (χ4v) is 2.51. The Balaban J connectivity index is 1.77. The predicted octanol–water partition coefficient (Wildman–Crippen LogP) is 2.01. The molecule has 0 spiro atoms. The van der Waals surface area contributed by atoms with Crippen molar-refractivity contribution in [3.05, 3.63) is 34.9 Å². The molecule has 0 aliphatic carbocycles. The van der Waals surface area contributed by atoms with Gasteiger partial charge in [-0.1, -0.05) is 29.8 Å². The molecule has 1 heterocycles. The van der Waals surface area contributed by atoms with Crippen molar-refractivity contribution in [2.24, 2.45) is 0 Å². The molecule has 0 atom stereocenters. The van der Waals surface area contributed by atoms with Gasteiger partial charge in [0.2, 0.25) is 11.8 Å². The zero-order valence-electron chi connectivity index (χ0n) is 11.4. The van der Waals surface area contributed by atoms with Crippen LogP contribution in [-0.4, -0.2) is 36.3 Å². The minimum atomic E-state index is -0.177. The van der Waals surface area contributed by atoms with Crippen LogP contribution in [0.4, 0.5) is 0 Å². The lowest BCUT2D eigenvalue weighted by molar-refractivity contribution is -0.133. The first kappa shape index (κ1) is 14.9. The van der Waals surface area contributed by atoms with E-state index in [9.17, 15) is 9.59 Å². The largest absolute Gasteiger partial charge is 0.347 e. The van der Waals surface area contributed by atoms with E-state index in [0.717, 1.165) is 31.5 Å². The van der Waals surface area contributed by atoms with Crippen LogP contribution in [0.25, 0.3) is 0 Å². The van der Waals surface area contributed by atoms with Gasteiger partial charge >= 0.3 is 0 Å². The van der Waals surface area contributed by atoms with Crippen LogP contribution in [0.15, 0.2) is 24.3 Å². The van der Waals surface area contributed by atoms with E-state index < -0.39 is 0 Å². The van der Waals surface area contributed by atoms with Crippen molar-refractivity contribution in [1.82, 2.24) is 10.2 Å². The third-order valence-electron chi connectivity index (χ3n) is 3.45. The van der Waals surface area contributed by atoms with Gasteiger partial charge in [0, 0.05) is 18.1 Å². The maximum Gasteiger partial charge on any atom is 0.241 e. The molecule has 1 saturated heterocycles.